The van der Waals surface area contributed by atoms with Crippen LogP contribution in [0.4, 0.5) is 5.69 Å². The summed E-state index contributed by atoms with van der Waals surface area (Å²) in [6.07, 6.45) is 1.53. The molecule has 0 radical (unpaired) electrons. The van der Waals surface area contributed by atoms with Crippen LogP contribution in [0.5, 0.6) is 11.5 Å². The number of aromatic nitrogens is 1. The first-order valence-corrected chi connectivity index (χ1v) is 9.46. The SMILES string of the molecule is COc1cc(/C=C(/C#N)c2nc(-c3ccc(Cl)cc3)cs2)cc([N+](=O)[O-])c1OC. The molecule has 0 N–H and O–H groups in total. The lowest BCUT2D eigenvalue weighted by Crippen LogP contribution is -1.98. The molecule has 0 unspecified atom stereocenters. The number of nitro benzene ring substituents is 1. The molecule has 0 atom stereocenters. The summed E-state index contributed by atoms with van der Waals surface area (Å²) in [5.74, 6) is 0.221. The van der Waals surface area contributed by atoms with Crippen molar-refractivity contribution >= 4 is 40.3 Å². The third-order valence-corrected chi connectivity index (χ3v) is 5.11. The Morgan fingerprint density at radius 2 is 2.00 bits per heavy atom. The number of hydrogen-bond acceptors (Lipinski definition) is 7. The van der Waals surface area contributed by atoms with E-state index in [1.54, 1.807) is 18.2 Å². The van der Waals surface area contributed by atoms with Gasteiger partial charge >= 0.3 is 5.69 Å². The first kappa shape index (κ1) is 20.3. The van der Waals surface area contributed by atoms with Crippen LogP contribution < -0.4 is 9.47 Å². The Morgan fingerprint density at radius 3 is 2.59 bits per heavy atom. The van der Waals surface area contributed by atoms with Crippen molar-refractivity contribution in [3.05, 3.63) is 67.5 Å². The maximum absolute atomic E-state index is 11.4. The molecule has 0 aliphatic rings. The number of nitriles is 1. The quantitative estimate of drug-likeness (QED) is 0.294. The number of benzene rings is 2. The van der Waals surface area contributed by atoms with Gasteiger partial charge in [-0.2, -0.15) is 5.26 Å². The van der Waals surface area contributed by atoms with Gasteiger partial charge in [0, 0.05) is 22.0 Å². The number of ether oxygens (including phenoxy) is 2. The average molecular weight is 428 g/mol. The van der Waals surface area contributed by atoms with Crippen LogP contribution in [0.1, 0.15) is 10.6 Å². The molecular formula is C20H14ClN3O4S. The Bertz CT molecular complexity index is 1130. The number of halogens is 1. The molecule has 2 aromatic carbocycles. The number of nitro groups is 1. The fraction of sp³-hybridized carbons (Fsp3) is 0.100. The van der Waals surface area contributed by atoms with Crippen LogP contribution in [-0.2, 0) is 0 Å². The minimum Gasteiger partial charge on any atom is -0.493 e. The van der Waals surface area contributed by atoms with Gasteiger partial charge in [0.15, 0.2) is 5.75 Å². The molecule has 0 aliphatic carbocycles. The Hall–Kier alpha value is -3.41. The molecular weight excluding hydrogens is 414 g/mol. The molecule has 3 aromatic rings. The van der Waals surface area contributed by atoms with Gasteiger partial charge in [-0.25, -0.2) is 4.98 Å². The Labute approximate surface area is 175 Å². The normalized spacial score (nSPS) is 11.0. The second-order valence-electron chi connectivity index (χ2n) is 5.75. The van der Waals surface area contributed by atoms with Gasteiger partial charge < -0.3 is 9.47 Å². The first-order chi connectivity index (χ1) is 14.0. The van der Waals surface area contributed by atoms with Gasteiger partial charge in [0.1, 0.15) is 11.1 Å². The molecule has 1 heterocycles. The molecule has 29 heavy (non-hydrogen) atoms. The molecule has 0 aliphatic heterocycles. The lowest BCUT2D eigenvalue weighted by atomic mass is 10.1. The number of nitrogens with zero attached hydrogens (tertiary/aromatic N) is 3. The van der Waals surface area contributed by atoms with E-state index in [-0.39, 0.29) is 22.8 Å². The molecule has 3 rings (SSSR count). The molecule has 1 aromatic heterocycles. The van der Waals surface area contributed by atoms with E-state index in [1.165, 1.54) is 37.7 Å². The van der Waals surface area contributed by atoms with Crippen LogP contribution in [0.15, 0.2) is 41.8 Å². The Kier molecular flexibility index (Phi) is 6.12. The fourth-order valence-corrected chi connectivity index (χ4v) is 3.56. The third-order valence-electron chi connectivity index (χ3n) is 3.98. The van der Waals surface area contributed by atoms with Crippen LogP contribution in [-0.4, -0.2) is 24.1 Å². The maximum atomic E-state index is 11.4. The standard InChI is InChI=1S/C20H14ClN3O4S/c1-27-18-9-12(8-17(24(25)26)19(18)28-2)7-14(10-22)20-23-16(11-29-20)13-3-5-15(21)6-4-13/h3-9,11H,1-2H3/b14-7-. The lowest BCUT2D eigenvalue weighted by molar-refractivity contribution is -0.385. The molecule has 7 nitrogen and oxygen atoms in total. The number of allylic oxidation sites excluding steroid dienone is 1. The largest absolute Gasteiger partial charge is 0.493 e. The van der Waals surface area contributed by atoms with Gasteiger partial charge in [0.05, 0.1) is 30.4 Å². The van der Waals surface area contributed by atoms with Gasteiger partial charge in [-0.1, -0.05) is 23.7 Å². The first-order valence-electron chi connectivity index (χ1n) is 8.21. The van der Waals surface area contributed by atoms with Crippen LogP contribution in [0.3, 0.4) is 0 Å². The van der Waals surface area contributed by atoms with E-state index < -0.39 is 4.92 Å². The van der Waals surface area contributed by atoms with Crippen molar-refractivity contribution in [1.82, 2.24) is 4.98 Å². The molecule has 0 spiro atoms. The van der Waals surface area contributed by atoms with Crippen LogP contribution in [0.25, 0.3) is 22.9 Å². The maximum Gasteiger partial charge on any atom is 0.315 e. The van der Waals surface area contributed by atoms with E-state index in [4.69, 9.17) is 21.1 Å². The van der Waals surface area contributed by atoms with Crippen molar-refractivity contribution in [1.29, 1.82) is 5.26 Å². The van der Waals surface area contributed by atoms with E-state index in [2.05, 4.69) is 11.1 Å². The van der Waals surface area contributed by atoms with Crippen molar-refractivity contribution in [2.45, 2.75) is 0 Å². The van der Waals surface area contributed by atoms with E-state index in [0.29, 0.717) is 21.3 Å². The second-order valence-corrected chi connectivity index (χ2v) is 7.04. The molecule has 0 fully saturated rings. The Morgan fingerprint density at radius 1 is 1.28 bits per heavy atom. The third kappa shape index (κ3) is 4.37. The summed E-state index contributed by atoms with van der Waals surface area (Å²) in [7, 11) is 2.72. The summed E-state index contributed by atoms with van der Waals surface area (Å²) >= 11 is 7.22. The summed E-state index contributed by atoms with van der Waals surface area (Å²) in [6.45, 7) is 0. The van der Waals surface area contributed by atoms with Crippen molar-refractivity contribution in [2.75, 3.05) is 14.2 Å². The summed E-state index contributed by atoms with van der Waals surface area (Å²) in [5.41, 5.74) is 2.03. The highest BCUT2D eigenvalue weighted by atomic mass is 35.5. The number of thiazole rings is 1. The Balaban J connectivity index is 2.03. The van der Waals surface area contributed by atoms with E-state index in [0.717, 1.165) is 5.56 Å². The predicted molar refractivity (Wildman–Crippen MR) is 112 cm³/mol. The highest BCUT2D eigenvalue weighted by Crippen LogP contribution is 2.39. The minimum atomic E-state index is -0.563. The molecule has 0 saturated carbocycles. The predicted octanol–water partition coefficient (Wildman–Crippen LogP) is 5.45. The number of rotatable bonds is 6. The highest BCUT2D eigenvalue weighted by Gasteiger charge is 2.21. The zero-order chi connectivity index (χ0) is 21.0. The van der Waals surface area contributed by atoms with E-state index in [1.807, 2.05) is 17.5 Å². The summed E-state index contributed by atoms with van der Waals surface area (Å²) in [5, 5.41) is 23.9. The average Bonchev–Trinajstić information content (AvgIpc) is 3.21. The van der Waals surface area contributed by atoms with E-state index >= 15 is 0 Å². The second kappa shape index (κ2) is 8.73. The number of hydrogen-bond donors (Lipinski definition) is 0. The summed E-state index contributed by atoms with van der Waals surface area (Å²) < 4.78 is 10.3. The summed E-state index contributed by atoms with van der Waals surface area (Å²) in [6, 6.07) is 12.2. The van der Waals surface area contributed by atoms with Gasteiger partial charge in [0.25, 0.3) is 0 Å². The zero-order valence-corrected chi connectivity index (χ0v) is 17.0. The van der Waals surface area contributed by atoms with Gasteiger partial charge in [-0.3, -0.25) is 10.1 Å². The number of methoxy groups -OCH3 is 2. The van der Waals surface area contributed by atoms with E-state index in [9.17, 15) is 15.4 Å². The van der Waals surface area contributed by atoms with Crippen molar-refractivity contribution < 1.29 is 14.4 Å². The van der Waals surface area contributed by atoms with Crippen LogP contribution in [0, 0.1) is 21.4 Å². The monoisotopic (exact) mass is 427 g/mol. The molecule has 9 heteroatoms. The van der Waals surface area contributed by atoms with Crippen molar-refractivity contribution in [2.24, 2.45) is 0 Å². The van der Waals surface area contributed by atoms with Crippen molar-refractivity contribution in [3.8, 4) is 28.8 Å². The topological polar surface area (TPSA) is 98.3 Å². The molecule has 0 bridgehead atoms. The molecule has 0 amide bonds. The fourth-order valence-electron chi connectivity index (χ4n) is 2.64. The smallest absolute Gasteiger partial charge is 0.315 e. The zero-order valence-electron chi connectivity index (χ0n) is 15.4. The summed E-state index contributed by atoms with van der Waals surface area (Å²) in [4.78, 5) is 15.3. The molecule has 0 saturated heterocycles. The molecule has 146 valence electrons. The van der Waals surface area contributed by atoms with Gasteiger partial charge in [0.2, 0.25) is 5.75 Å². The lowest BCUT2D eigenvalue weighted by Gasteiger charge is -2.09. The van der Waals surface area contributed by atoms with Gasteiger partial charge in [-0.15, -0.1) is 11.3 Å². The highest BCUT2D eigenvalue weighted by molar-refractivity contribution is 7.11. The minimum absolute atomic E-state index is 0.0208. The van der Waals surface area contributed by atoms with Gasteiger partial charge in [-0.05, 0) is 29.8 Å². The van der Waals surface area contributed by atoms with Crippen LogP contribution >= 0.6 is 22.9 Å². The van der Waals surface area contributed by atoms with Crippen molar-refractivity contribution in [3.63, 3.8) is 0 Å². The van der Waals surface area contributed by atoms with Crippen LogP contribution in [0.2, 0.25) is 5.02 Å².